The van der Waals surface area contributed by atoms with Crippen LogP contribution in [0.25, 0.3) is 77.2 Å². The maximum atomic E-state index is 12.3. The Hall–Kier alpha value is -10.1. The molecule has 0 unspecified atom stereocenters. The summed E-state index contributed by atoms with van der Waals surface area (Å²) in [4.78, 5) is 38.3. The van der Waals surface area contributed by atoms with E-state index in [0.29, 0.717) is 74.4 Å². The van der Waals surface area contributed by atoms with Crippen LogP contribution < -0.4 is 35.2 Å². The first-order valence-electron chi connectivity index (χ1n) is 30.7. The monoisotopic (exact) mass is 1270 g/mol. The van der Waals surface area contributed by atoms with Crippen molar-refractivity contribution in [3.8, 4) is 45.1 Å². The van der Waals surface area contributed by atoms with Gasteiger partial charge in [0.1, 0.15) is 36.3 Å². The molecular formula is C69H70Cl2N18O3. The number of carbonyl (C=O) groups is 1. The number of hydrogen-bond donors (Lipinski definition) is 5. The summed E-state index contributed by atoms with van der Waals surface area (Å²) in [5.74, 6) is 4.17. The molecule has 6 aromatic carbocycles. The lowest BCUT2D eigenvalue weighted by molar-refractivity contribution is -0.126. The van der Waals surface area contributed by atoms with Crippen LogP contribution in [0, 0.1) is 41.5 Å². The lowest BCUT2D eigenvalue weighted by Crippen LogP contribution is -2.48. The summed E-state index contributed by atoms with van der Waals surface area (Å²) >= 11 is 14.0. The van der Waals surface area contributed by atoms with Crippen LogP contribution in [0.5, 0.6) is 11.5 Å². The second-order valence-electron chi connectivity index (χ2n) is 23.1. The summed E-state index contributed by atoms with van der Waals surface area (Å²) < 4.78 is 15.9. The van der Waals surface area contributed by atoms with E-state index in [4.69, 9.17) is 52.6 Å². The number of aromatic nitrogens is 12. The standard InChI is InChI=1S/C36H36ClN9O2.C33H34ClN9O/c1-5-33(47)44-13-15-45(16-14-44)35-28-18-30(37)27(34-22(2)6-11-31-29(34)21-39-43-31)19-32(28)41-36(42-35)38-12-17-48-26-9-7-25(8-10-26)46-24(4)23(3)20-40-46;1-20-4-9-29-27(19-37-41-29)31(20)25-17-30-26(16-28(25)34)32(42-13-10-35-11-14-42)40-33(39-30)36-12-15-44-24-7-5-23(6-8-24)43-22(3)21(2)18-38-43/h5-11,18-21H,1,12-17H2,2-4H3,(H,39,43)(H,38,41,42);4-9,16-19,35H,10-15H2,1-3H3,(H,37,41)(H,36,39,40). The quantitative estimate of drug-likeness (QED) is 0.0422. The molecule has 8 heterocycles. The van der Waals surface area contributed by atoms with Crippen molar-refractivity contribution in [1.29, 1.82) is 0 Å². The van der Waals surface area contributed by atoms with Crippen molar-refractivity contribution >= 4 is 96.3 Å². The predicted molar refractivity (Wildman–Crippen MR) is 367 cm³/mol. The molecule has 21 nitrogen and oxygen atoms in total. The molecule has 5 N–H and O–H groups in total. The van der Waals surface area contributed by atoms with E-state index in [9.17, 15) is 4.79 Å². The van der Waals surface area contributed by atoms with Crippen molar-refractivity contribution in [2.75, 3.05) is 99.1 Å². The van der Waals surface area contributed by atoms with Gasteiger partial charge in [-0.1, -0.05) is 41.9 Å². The molecule has 2 saturated heterocycles. The number of piperazine rings is 2. The molecule has 0 saturated carbocycles. The fourth-order valence-electron chi connectivity index (χ4n) is 11.9. The van der Waals surface area contributed by atoms with Gasteiger partial charge in [-0.25, -0.2) is 19.3 Å². The van der Waals surface area contributed by atoms with Gasteiger partial charge in [0.25, 0.3) is 0 Å². The van der Waals surface area contributed by atoms with Crippen LogP contribution in [0.1, 0.15) is 33.6 Å². The van der Waals surface area contributed by atoms with Crippen molar-refractivity contribution < 1.29 is 14.3 Å². The molecule has 1 amide bonds. The number of benzene rings is 6. The molecule has 468 valence electrons. The average Bonchev–Trinajstić information content (AvgIpc) is 1.26. The van der Waals surface area contributed by atoms with Gasteiger partial charge >= 0.3 is 0 Å². The Bertz CT molecular complexity index is 4700. The number of fused-ring (bicyclic) bond motifs is 4. The normalized spacial score (nSPS) is 13.5. The zero-order valence-electron chi connectivity index (χ0n) is 52.1. The summed E-state index contributed by atoms with van der Waals surface area (Å²) in [6.07, 6.45) is 8.78. The van der Waals surface area contributed by atoms with E-state index in [1.165, 1.54) is 6.08 Å². The number of halogens is 2. The van der Waals surface area contributed by atoms with Crippen LogP contribution in [0.4, 0.5) is 23.5 Å². The van der Waals surface area contributed by atoms with Gasteiger partial charge < -0.3 is 40.1 Å². The van der Waals surface area contributed by atoms with Gasteiger partial charge in [-0.15, -0.1) is 0 Å². The Morgan fingerprint density at radius 1 is 0.543 bits per heavy atom. The van der Waals surface area contributed by atoms with E-state index in [1.54, 1.807) is 4.90 Å². The fourth-order valence-corrected chi connectivity index (χ4v) is 12.5. The number of nitrogens with zero attached hydrogens (tertiary/aromatic N) is 13. The molecule has 2 fully saturated rings. The number of nitrogens with one attached hydrogen (secondary N) is 5. The van der Waals surface area contributed by atoms with Crippen molar-refractivity contribution in [2.45, 2.75) is 41.5 Å². The van der Waals surface area contributed by atoms with Gasteiger partial charge in [-0.3, -0.25) is 15.0 Å². The van der Waals surface area contributed by atoms with Crippen LogP contribution in [-0.4, -0.2) is 149 Å². The van der Waals surface area contributed by atoms with Gasteiger partial charge in [0.05, 0.1) is 71.3 Å². The van der Waals surface area contributed by atoms with E-state index in [-0.39, 0.29) is 5.91 Å². The van der Waals surface area contributed by atoms with E-state index >= 15 is 0 Å². The minimum atomic E-state index is -0.0673. The molecule has 0 radical (unpaired) electrons. The average molecular weight is 1270 g/mol. The topological polar surface area (TPSA) is 226 Å². The van der Waals surface area contributed by atoms with Gasteiger partial charge in [0, 0.05) is 106 Å². The minimum Gasteiger partial charge on any atom is -0.492 e. The highest BCUT2D eigenvalue weighted by Crippen LogP contribution is 2.42. The number of ether oxygens (including phenoxy) is 2. The number of aromatic amines is 2. The van der Waals surface area contributed by atoms with Crippen molar-refractivity contribution in [3.05, 3.63) is 178 Å². The van der Waals surface area contributed by atoms with Crippen molar-refractivity contribution in [3.63, 3.8) is 0 Å². The molecule has 14 rings (SSSR count). The summed E-state index contributed by atoms with van der Waals surface area (Å²) in [5, 5.41) is 38.8. The third-order valence-electron chi connectivity index (χ3n) is 17.2. The molecule has 0 aliphatic carbocycles. The van der Waals surface area contributed by atoms with Crippen LogP contribution in [0.15, 0.2) is 135 Å². The van der Waals surface area contributed by atoms with E-state index < -0.39 is 0 Å². The SMILES string of the molecule is C=CC(=O)N1CCN(c2nc(NCCOc3ccc(-n4ncc(C)c4C)cc3)nc3cc(-c4c(C)ccc5[nH]ncc45)c(Cl)cc23)CC1.Cc1ccc2[nH]ncc2c1-c1cc2nc(NCCOc3ccc(-n4ncc(C)c4C)cc3)nc(N3CCNCC3)c2cc1Cl. The lowest BCUT2D eigenvalue weighted by atomic mass is 9.96. The first-order valence-corrected chi connectivity index (χ1v) is 31.5. The highest BCUT2D eigenvalue weighted by atomic mass is 35.5. The Morgan fingerprint density at radius 2 is 0.989 bits per heavy atom. The van der Waals surface area contributed by atoms with Gasteiger partial charge in [-0.05, 0) is 166 Å². The molecule has 0 atom stereocenters. The van der Waals surface area contributed by atoms with Gasteiger partial charge in [0.2, 0.25) is 17.8 Å². The number of rotatable bonds is 17. The molecule has 0 bridgehead atoms. The molecule has 12 aromatic rings. The molecule has 6 aromatic heterocycles. The molecular weight excluding hydrogens is 1200 g/mol. The minimum absolute atomic E-state index is 0.0673. The highest BCUT2D eigenvalue weighted by molar-refractivity contribution is 6.35. The molecule has 2 aliphatic heterocycles. The Labute approximate surface area is 541 Å². The fraction of sp³-hybridized carbons (Fsp3) is 0.261. The zero-order chi connectivity index (χ0) is 63.6. The zero-order valence-corrected chi connectivity index (χ0v) is 53.6. The van der Waals surface area contributed by atoms with E-state index in [1.807, 2.05) is 113 Å². The Kier molecular flexibility index (Phi) is 17.4. The third-order valence-corrected chi connectivity index (χ3v) is 17.8. The van der Waals surface area contributed by atoms with Crippen LogP contribution in [0.2, 0.25) is 10.0 Å². The predicted octanol–water partition coefficient (Wildman–Crippen LogP) is 12.1. The smallest absolute Gasteiger partial charge is 0.246 e. The summed E-state index contributed by atoms with van der Waals surface area (Å²) in [5.41, 5.74) is 16.1. The molecule has 23 heteroatoms. The molecule has 2 aliphatic rings. The number of aryl methyl sites for hydroxylation is 4. The number of amides is 1. The van der Waals surface area contributed by atoms with Crippen LogP contribution in [-0.2, 0) is 4.79 Å². The largest absolute Gasteiger partial charge is 0.492 e. The molecule has 0 spiro atoms. The number of carbonyl (C=O) groups excluding carboxylic acids is 1. The first-order chi connectivity index (χ1) is 44.8. The Balaban J connectivity index is 0.000000169. The number of hydrogen-bond acceptors (Lipinski definition) is 16. The third kappa shape index (κ3) is 12.5. The lowest BCUT2D eigenvalue weighted by Gasteiger charge is -2.35. The maximum Gasteiger partial charge on any atom is 0.246 e. The second kappa shape index (κ2) is 26.4. The first kappa shape index (κ1) is 60.8. The van der Waals surface area contributed by atoms with Gasteiger partial charge in [0.15, 0.2) is 0 Å². The van der Waals surface area contributed by atoms with Crippen LogP contribution >= 0.6 is 23.2 Å². The summed E-state index contributed by atoms with van der Waals surface area (Å²) in [6.45, 7) is 23.8. The Morgan fingerprint density at radius 3 is 1.41 bits per heavy atom. The maximum absolute atomic E-state index is 12.3. The van der Waals surface area contributed by atoms with Crippen molar-refractivity contribution in [2.24, 2.45) is 0 Å². The van der Waals surface area contributed by atoms with E-state index in [2.05, 4.69) is 123 Å². The molecule has 92 heavy (non-hydrogen) atoms. The second-order valence-corrected chi connectivity index (χ2v) is 23.9. The summed E-state index contributed by atoms with van der Waals surface area (Å²) in [7, 11) is 0. The van der Waals surface area contributed by atoms with Crippen LogP contribution in [0.3, 0.4) is 0 Å². The van der Waals surface area contributed by atoms with Crippen molar-refractivity contribution in [1.82, 2.24) is 70.1 Å². The van der Waals surface area contributed by atoms with E-state index in [0.717, 1.165) is 160 Å². The highest BCUT2D eigenvalue weighted by Gasteiger charge is 2.26. The number of anilines is 4. The van der Waals surface area contributed by atoms with Gasteiger partial charge in [-0.2, -0.15) is 30.4 Å². The number of H-pyrrole nitrogens is 2. The summed E-state index contributed by atoms with van der Waals surface area (Å²) in [6, 6.07) is 32.1.